The van der Waals surface area contributed by atoms with Crippen LogP contribution < -0.4 is 11.1 Å². The second-order valence-electron chi connectivity index (χ2n) is 7.60. The highest BCUT2D eigenvalue weighted by Crippen LogP contribution is 2.31. The highest BCUT2D eigenvalue weighted by Gasteiger charge is 2.29. The van der Waals surface area contributed by atoms with Crippen LogP contribution in [0.1, 0.15) is 40.1 Å². The van der Waals surface area contributed by atoms with E-state index >= 15 is 0 Å². The van der Waals surface area contributed by atoms with Crippen molar-refractivity contribution in [3.8, 4) is 0 Å². The van der Waals surface area contributed by atoms with Crippen molar-refractivity contribution in [2.75, 3.05) is 11.9 Å². The van der Waals surface area contributed by atoms with Gasteiger partial charge in [-0.25, -0.2) is 0 Å². The molecule has 2 amide bonds. The fourth-order valence-corrected chi connectivity index (χ4v) is 4.64. The summed E-state index contributed by atoms with van der Waals surface area (Å²) in [5.74, 6) is -0.599. The average molecular weight is 408 g/mol. The number of primary amides is 1. The predicted molar refractivity (Wildman–Crippen MR) is 118 cm³/mol. The summed E-state index contributed by atoms with van der Waals surface area (Å²) in [4.78, 5) is 27.4. The van der Waals surface area contributed by atoms with Gasteiger partial charge in [0.1, 0.15) is 5.00 Å². The van der Waals surface area contributed by atoms with Crippen LogP contribution in [0.2, 0.25) is 0 Å². The fourth-order valence-electron chi connectivity index (χ4n) is 3.70. The number of amides is 2. The summed E-state index contributed by atoms with van der Waals surface area (Å²) in [6.07, 6.45) is 2.75. The van der Waals surface area contributed by atoms with Crippen molar-refractivity contribution in [3.63, 3.8) is 0 Å². The third-order valence-corrected chi connectivity index (χ3v) is 6.28. The summed E-state index contributed by atoms with van der Waals surface area (Å²) >= 11 is 1.38. The van der Waals surface area contributed by atoms with E-state index in [0.29, 0.717) is 29.6 Å². The van der Waals surface area contributed by atoms with Crippen molar-refractivity contribution < 1.29 is 9.59 Å². The van der Waals surface area contributed by atoms with Gasteiger partial charge in [0.05, 0.1) is 5.56 Å². The van der Waals surface area contributed by atoms with Gasteiger partial charge in [-0.15, -0.1) is 11.3 Å². The van der Waals surface area contributed by atoms with Crippen molar-refractivity contribution in [2.24, 2.45) is 5.73 Å². The largest absolute Gasteiger partial charge is 0.366 e. The lowest BCUT2D eigenvalue weighted by atomic mass is 10.0. The molecule has 0 radical (unpaired) electrons. The van der Waals surface area contributed by atoms with Gasteiger partial charge in [0.25, 0.3) is 5.91 Å². The quantitative estimate of drug-likeness (QED) is 0.584. The molecule has 0 bridgehead atoms. The summed E-state index contributed by atoms with van der Waals surface area (Å²) in [5, 5.41) is 5.93. The normalized spacial score (nSPS) is 13.7. The lowest BCUT2D eigenvalue weighted by Gasteiger charge is -2.22. The number of nitrogens with two attached hydrogens (primary N) is 1. The molecule has 0 spiro atoms. The first kappa shape index (κ1) is 19.6. The minimum absolute atomic E-state index is 0.0853. The van der Waals surface area contributed by atoms with Gasteiger partial charge in [-0.2, -0.15) is 0 Å². The molecule has 5 nitrogen and oxygen atoms in total. The highest BCUT2D eigenvalue weighted by atomic mass is 32.1. The van der Waals surface area contributed by atoms with Crippen LogP contribution >= 0.6 is 11.3 Å². The van der Waals surface area contributed by atoms with Gasteiger partial charge in [0.2, 0.25) is 5.91 Å². The Bertz CT molecular complexity index is 1050. The third-order valence-electron chi connectivity index (χ3n) is 5.32. The SMILES string of the molecule is Cc1cc(C(N)=O)c(NC(=O)CCN(Cc2cccc3ccccc23)C2CC2)s1. The zero-order chi connectivity index (χ0) is 20.4. The summed E-state index contributed by atoms with van der Waals surface area (Å²) in [6, 6.07) is 17.1. The average Bonchev–Trinajstić information content (AvgIpc) is 3.48. The fraction of sp³-hybridized carbons (Fsp3) is 0.304. The molecular formula is C23H25N3O2S. The van der Waals surface area contributed by atoms with Gasteiger partial charge >= 0.3 is 0 Å². The maximum Gasteiger partial charge on any atom is 0.251 e. The molecule has 1 aromatic heterocycles. The van der Waals surface area contributed by atoms with E-state index < -0.39 is 5.91 Å². The second kappa shape index (κ2) is 8.35. The molecule has 0 atom stereocenters. The number of carbonyl (C=O) groups excluding carboxylic acids is 2. The summed E-state index contributed by atoms with van der Waals surface area (Å²) in [7, 11) is 0. The number of thiophene rings is 1. The third kappa shape index (κ3) is 4.66. The van der Waals surface area contributed by atoms with Crippen LogP contribution in [0.4, 0.5) is 5.00 Å². The Morgan fingerprint density at radius 3 is 2.69 bits per heavy atom. The molecule has 0 unspecified atom stereocenters. The van der Waals surface area contributed by atoms with Crippen molar-refractivity contribution in [2.45, 2.75) is 38.8 Å². The first-order valence-corrected chi connectivity index (χ1v) is 10.7. The van der Waals surface area contributed by atoms with Crippen molar-refractivity contribution in [3.05, 3.63) is 64.5 Å². The topological polar surface area (TPSA) is 75.4 Å². The molecule has 1 heterocycles. The van der Waals surface area contributed by atoms with Crippen LogP contribution in [0.15, 0.2) is 48.5 Å². The Hall–Kier alpha value is -2.70. The molecule has 1 aliphatic carbocycles. The van der Waals surface area contributed by atoms with E-state index in [9.17, 15) is 9.59 Å². The Balaban J connectivity index is 1.42. The standard InChI is InChI=1S/C23H25N3O2S/c1-15-13-20(22(24)28)23(29-15)25-21(27)11-12-26(18-9-10-18)14-17-7-4-6-16-5-2-3-8-19(16)17/h2-8,13,18H,9-12,14H2,1H3,(H2,24,28)(H,25,27). The first-order chi connectivity index (χ1) is 14.0. The van der Waals surface area contributed by atoms with Gasteiger partial charge in [0.15, 0.2) is 0 Å². The van der Waals surface area contributed by atoms with E-state index in [-0.39, 0.29) is 5.91 Å². The van der Waals surface area contributed by atoms with Gasteiger partial charge in [-0.05, 0) is 42.2 Å². The first-order valence-electron chi connectivity index (χ1n) is 9.92. The Labute approximate surface area is 174 Å². The molecule has 0 aliphatic heterocycles. The summed E-state index contributed by atoms with van der Waals surface area (Å²) < 4.78 is 0. The number of benzene rings is 2. The smallest absolute Gasteiger partial charge is 0.251 e. The lowest BCUT2D eigenvalue weighted by molar-refractivity contribution is -0.116. The molecule has 1 fully saturated rings. The number of nitrogens with zero attached hydrogens (tertiary/aromatic N) is 1. The van der Waals surface area contributed by atoms with E-state index in [4.69, 9.17) is 5.73 Å². The van der Waals surface area contributed by atoms with Crippen LogP contribution in [0, 0.1) is 6.92 Å². The number of nitrogens with one attached hydrogen (secondary N) is 1. The number of aryl methyl sites for hydroxylation is 1. The minimum Gasteiger partial charge on any atom is -0.366 e. The van der Waals surface area contributed by atoms with E-state index in [1.54, 1.807) is 6.07 Å². The summed E-state index contributed by atoms with van der Waals surface area (Å²) in [6.45, 7) is 3.42. The molecule has 4 rings (SSSR count). The van der Waals surface area contributed by atoms with E-state index in [2.05, 4.69) is 52.7 Å². The Morgan fingerprint density at radius 2 is 1.93 bits per heavy atom. The highest BCUT2D eigenvalue weighted by molar-refractivity contribution is 7.16. The molecule has 29 heavy (non-hydrogen) atoms. The number of carbonyl (C=O) groups is 2. The Morgan fingerprint density at radius 1 is 1.17 bits per heavy atom. The van der Waals surface area contributed by atoms with Crippen molar-refractivity contribution >= 4 is 38.9 Å². The second-order valence-corrected chi connectivity index (χ2v) is 8.86. The van der Waals surface area contributed by atoms with E-state index in [0.717, 1.165) is 11.4 Å². The molecule has 3 N–H and O–H groups in total. The van der Waals surface area contributed by atoms with Gasteiger partial charge < -0.3 is 11.1 Å². The van der Waals surface area contributed by atoms with Crippen molar-refractivity contribution in [1.82, 2.24) is 4.90 Å². The number of anilines is 1. The van der Waals surface area contributed by atoms with Gasteiger partial charge in [-0.1, -0.05) is 42.5 Å². The Kier molecular flexibility index (Phi) is 5.65. The minimum atomic E-state index is -0.514. The zero-order valence-corrected chi connectivity index (χ0v) is 17.3. The number of rotatable bonds is 8. The van der Waals surface area contributed by atoms with E-state index in [1.165, 1.54) is 40.5 Å². The molecular weight excluding hydrogens is 382 g/mol. The number of hydrogen-bond donors (Lipinski definition) is 2. The maximum absolute atomic E-state index is 12.5. The molecule has 0 saturated heterocycles. The molecule has 1 aliphatic rings. The molecule has 1 saturated carbocycles. The lowest BCUT2D eigenvalue weighted by Crippen LogP contribution is -2.29. The van der Waals surface area contributed by atoms with Gasteiger partial charge in [-0.3, -0.25) is 14.5 Å². The van der Waals surface area contributed by atoms with E-state index in [1.807, 2.05) is 6.92 Å². The number of fused-ring (bicyclic) bond motifs is 1. The van der Waals surface area contributed by atoms with Crippen LogP contribution in [0.25, 0.3) is 10.8 Å². The maximum atomic E-state index is 12.5. The summed E-state index contributed by atoms with van der Waals surface area (Å²) in [5.41, 5.74) is 7.09. The van der Waals surface area contributed by atoms with Crippen molar-refractivity contribution in [1.29, 1.82) is 0 Å². The van der Waals surface area contributed by atoms with Crippen LogP contribution in [0.3, 0.4) is 0 Å². The van der Waals surface area contributed by atoms with Crippen LogP contribution in [0.5, 0.6) is 0 Å². The van der Waals surface area contributed by atoms with Crippen LogP contribution in [-0.4, -0.2) is 29.3 Å². The monoisotopic (exact) mass is 407 g/mol. The molecule has 2 aromatic carbocycles. The van der Waals surface area contributed by atoms with Gasteiger partial charge in [0, 0.05) is 30.4 Å². The predicted octanol–water partition coefficient (Wildman–Crippen LogP) is 4.30. The zero-order valence-electron chi connectivity index (χ0n) is 16.5. The molecule has 3 aromatic rings. The molecule has 150 valence electrons. The molecule has 6 heteroatoms. The number of hydrogen-bond acceptors (Lipinski definition) is 4. The van der Waals surface area contributed by atoms with Crippen LogP contribution in [-0.2, 0) is 11.3 Å².